The average molecular weight is 288 g/mol. The van der Waals surface area contributed by atoms with Crippen LogP contribution >= 0.6 is 0 Å². The van der Waals surface area contributed by atoms with Crippen molar-refractivity contribution in [3.05, 3.63) is 5.82 Å². The maximum atomic E-state index is 13.2. The Bertz CT molecular complexity index is 482. The molecule has 1 N–H and O–H groups in total. The molecule has 2 unspecified atom stereocenters. The summed E-state index contributed by atoms with van der Waals surface area (Å²) >= 11 is 0. The number of rotatable bonds is 4. The summed E-state index contributed by atoms with van der Waals surface area (Å²) in [5.41, 5.74) is 0. The summed E-state index contributed by atoms with van der Waals surface area (Å²) < 4.78 is 27.8. The molecule has 0 aromatic carbocycles. The normalized spacial score (nSPS) is 22.4. The zero-order valence-corrected chi connectivity index (χ0v) is 11.5. The quantitative estimate of drug-likeness (QED) is 0.919. The lowest BCUT2D eigenvalue weighted by atomic mass is 9.86. The molecule has 1 aromatic heterocycles. The van der Waals surface area contributed by atoms with Crippen LogP contribution in [0.25, 0.3) is 0 Å². The van der Waals surface area contributed by atoms with Crippen LogP contribution in [-0.2, 0) is 4.79 Å². The molecular formula is C12H18F2N4O2. The van der Waals surface area contributed by atoms with Crippen molar-refractivity contribution in [1.29, 1.82) is 0 Å². The predicted octanol–water partition coefficient (Wildman–Crippen LogP) is 2.25. The number of aliphatic carboxylic acids is 1. The molecule has 20 heavy (non-hydrogen) atoms. The Balaban J connectivity index is 2.15. The molecule has 0 radical (unpaired) electrons. The van der Waals surface area contributed by atoms with Crippen LogP contribution < -0.4 is 0 Å². The maximum Gasteiger partial charge on any atom is 0.308 e. The fourth-order valence-corrected chi connectivity index (χ4v) is 2.48. The molecule has 2 atom stereocenters. The number of carbonyl (C=O) groups is 1. The third-order valence-electron chi connectivity index (χ3n) is 4.10. The maximum absolute atomic E-state index is 13.2. The van der Waals surface area contributed by atoms with Gasteiger partial charge in [-0.15, -0.1) is 5.10 Å². The molecule has 1 aliphatic carbocycles. The molecule has 1 fully saturated rings. The smallest absolute Gasteiger partial charge is 0.308 e. The minimum atomic E-state index is -2.60. The first-order chi connectivity index (χ1) is 9.32. The molecule has 0 saturated heterocycles. The van der Waals surface area contributed by atoms with Gasteiger partial charge in [0.05, 0.1) is 12.0 Å². The Kier molecular flexibility index (Phi) is 4.01. The second-order valence-corrected chi connectivity index (χ2v) is 5.48. The fraction of sp³-hybridized carbons (Fsp3) is 0.833. The van der Waals surface area contributed by atoms with E-state index in [0.717, 1.165) is 0 Å². The second kappa shape index (κ2) is 5.41. The number of hydrogen-bond acceptors (Lipinski definition) is 4. The zero-order chi connectivity index (χ0) is 14.9. The van der Waals surface area contributed by atoms with Gasteiger partial charge in [0, 0.05) is 18.8 Å². The molecule has 6 nitrogen and oxygen atoms in total. The summed E-state index contributed by atoms with van der Waals surface area (Å²) in [7, 11) is 0. The molecule has 112 valence electrons. The Morgan fingerprint density at radius 2 is 2.00 bits per heavy atom. The van der Waals surface area contributed by atoms with Gasteiger partial charge in [0.25, 0.3) is 0 Å². The lowest BCUT2D eigenvalue weighted by molar-refractivity contribution is -0.142. The lowest BCUT2D eigenvalue weighted by Gasteiger charge is -2.28. The van der Waals surface area contributed by atoms with Gasteiger partial charge in [-0.05, 0) is 37.1 Å². The van der Waals surface area contributed by atoms with Gasteiger partial charge in [0.2, 0.25) is 5.92 Å². The summed E-state index contributed by atoms with van der Waals surface area (Å²) in [4.78, 5) is 11.0. The number of tetrazole rings is 1. The van der Waals surface area contributed by atoms with Gasteiger partial charge in [0.15, 0.2) is 5.82 Å². The number of halogens is 2. The number of nitrogens with zero attached hydrogens (tertiary/aromatic N) is 4. The molecule has 0 amide bonds. The number of carboxylic acid groups (broad SMARTS) is 1. The number of carboxylic acids is 1. The first-order valence-corrected chi connectivity index (χ1v) is 6.70. The van der Waals surface area contributed by atoms with E-state index >= 15 is 0 Å². The third-order valence-corrected chi connectivity index (χ3v) is 4.10. The highest BCUT2D eigenvalue weighted by atomic mass is 19.3. The molecule has 0 aliphatic heterocycles. The van der Waals surface area contributed by atoms with Gasteiger partial charge < -0.3 is 5.11 Å². The molecule has 1 aliphatic rings. The molecule has 0 spiro atoms. The van der Waals surface area contributed by atoms with E-state index in [1.807, 2.05) is 0 Å². The predicted molar refractivity (Wildman–Crippen MR) is 65.5 cm³/mol. The minimum Gasteiger partial charge on any atom is -0.481 e. The van der Waals surface area contributed by atoms with Crippen LogP contribution in [0.1, 0.15) is 57.3 Å². The van der Waals surface area contributed by atoms with Gasteiger partial charge in [0.1, 0.15) is 0 Å². The highest BCUT2D eigenvalue weighted by molar-refractivity contribution is 5.70. The van der Waals surface area contributed by atoms with Gasteiger partial charge in [-0.3, -0.25) is 4.79 Å². The third kappa shape index (κ3) is 2.94. The fourth-order valence-electron chi connectivity index (χ4n) is 2.48. The van der Waals surface area contributed by atoms with Crippen LogP contribution in [-0.4, -0.2) is 37.2 Å². The molecule has 2 rings (SSSR count). The summed E-state index contributed by atoms with van der Waals surface area (Å²) in [6.45, 7) is 3.30. The van der Waals surface area contributed by atoms with Crippen LogP contribution in [0.3, 0.4) is 0 Å². The van der Waals surface area contributed by atoms with Crippen molar-refractivity contribution in [1.82, 2.24) is 20.2 Å². The first-order valence-electron chi connectivity index (χ1n) is 6.70. The highest BCUT2D eigenvalue weighted by Crippen LogP contribution is 2.40. The lowest BCUT2D eigenvalue weighted by Crippen LogP contribution is -2.28. The van der Waals surface area contributed by atoms with Crippen molar-refractivity contribution in [2.24, 2.45) is 5.92 Å². The molecule has 1 saturated carbocycles. The van der Waals surface area contributed by atoms with E-state index in [-0.39, 0.29) is 18.8 Å². The summed E-state index contributed by atoms with van der Waals surface area (Å²) in [5, 5.41) is 20.4. The number of aromatic nitrogens is 4. The minimum absolute atomic E-state index is 0.131. The summed E-state index contributed by atoms with van der Waals surface area (Å²) in [5.74, 6) is -3.81. The van der Waals surface area contributed by atoms with Gasteiger partial charge >= 0.3 is 5.97 Å². The van der Waals surface area contributed by atoms with Crippen LogP contribution in [0, 0.1) is 5.92 Å². The van der Waals surface area contributed by atoms with Crippen molar-refractivity contribution in [3.63, 3.8) is 0 Å². The SMILES string of the molecule is CC(C(=O)O)C(C)n1nnnc1C1CCC(F)(F)CC1. The van der Waals surface area contributed by atoms with E-state index < -0.39 is 23.9 Å². The molecule has 8 heteroatoms. The standard InChI is InChI=1S/C12H18F2N4O2/c1-7(11(19)20)8(2)18-10(15-16-17-18)9-3-5-12(13,14)6-4-9/h7-9H,3-6H2,1-2H3,(H,19,20). The second-order valence-electron chi connectivity index (χ2n) is 5.48. The number of alkyl halides is 2. The van der Waals surface area contributed by atoms with Crippen LogP contribution in [0.4, 0.5) is 8.78 Å². The van der Waals surface area contributed by atoms with Crippen molar-refractivity contribution in [3.8, 4) is 0 Å². The summed E-state index contributed by atoms with van der Waals surface area (Å²) in [6, 6.07) is -0.417. The Morgan fingerprint density at radius 1 is 1.40 bits per heavy atom. The van der Waals surface area contributed by atoms with Crippen molar-refractivity contribution < 1.29 is 18.7 Å². The highest BCUT2D eigenvalue weighted by Gasteiger charge is 2.38. The zero-order valence-electron chi connectivity index (χ0n) is 11.5. The number of hydrogen-bond donors (Lipinski definition) is 1. The van der Waals surface area contributed by atoms with Gasteiger partial charge in [-0.25, -0.2) is 13.5 Å². The van der Waals surface area contributed by atoms with E-state index in [4.69, 9.17) is 5.11 Å². The largest absolute Gasteiger partial charge is 0.481 e. The van der Waals surface area contributed by atoms with E-state index in [1.165, 1.54) is 4.68 Å². The Morgan fingerprint density at radius 3 is 2.55 bits per heavy atom. The van der Waals surface area contributed by atoms with Crippen LogP contribution in [0.2, 0.25) is 0 Å². The van der Waals surface area contributed by atoms with Crippen molar-refractivity contribution in [2.75, 3.05) is 0 Å². The van der Waals surface area contributed by atoms with E-state index in [1.54, 1.807) is 13.8 Å². The van der Waals surface area contributed by atoms with Crippen molar-refractivity contribution in [2.45, 2.75) is 57.4 Å². The van der Waals surface area contributed by atoms with Gasteiger partial charge in [-0.2, -0.15) is 0 Å². The van der Waals surface area contributed by atoms with Gasteiger partial charge in [-0.1, -0.05) is 0 Å². The molecule has 1 aromatic rings. The summed E-state index contributed by atoms with van der Waals surface area (Å²) in [6.07, 6.45) is 0.296. The van der Waals surface area contributed by atoms with Crippen LogP contribution in [0.5, 0.6) is 0 Å². The molecule has 0 bridgehead atoms. The van der Waals surface area contributed by atoms with Crippen molar-refractivity contribution >= 4 is 5.97 Å². The van der Waals surface area contributed by atoms with E-state index in [2.05, 4.69) is 15.5 Å². The first kappa shape index (κ1) is 14.8. The monoisotopic (exact) mass is 288 g/mol. The Hall–Kier alpha value is -1.60. The van der Waals surface area contributed by atoms with E-state index in [9.17, 15) is 13.6 Å². The topological polar surface area (TPSA) is 80.9 Å². The average Bonchev–Trinajstić information content (AvgIpc) is 2.86. The molecule has 1 heterocycles. The van der Waals surface area contributed by atoms with E-state index in [0.29, 0.717) is 18.7 Å². The van der Waals surface area contributed by atoms with Crippen LogP contribution in [0.15, 0.2) is 0 Å². The Labute approximate surface area is 115 Å². The molecular weight excluding hydrogens is 270 g/mol.